The number of methoxy groups -OCH3 is 1. The summed E-state index contributed by atoms with van der Waals surface area (Å²) in [5.41, 5.74) is 1.03. The Hall–Kier alpha value is -1.40. The Morgan fingerprint density at radius 2 is 2.10 bits per heavy atom. The van der Waals surface area contributed by atoms with Crippen molar-refractivity contribution in [1.29, 1.82) is 0 Å². The van der Waals surface area contributed by atoms with Crippen LogP contribution in [-0.4, -0.2) is 46.2 Å². The summed E-state index contributed by atoms with van der Waals surface area (Å²) < 4.78 is 16.8. The Labute approximate surface area is 127 Å². The Morgan fingerprint density at radius 3 is 2.81 bits per heavy atom. The number of hydrogen-bond donors (Lipinski definition) is 1. The highest BCUT2D eigenvalue weighted by Gasteiger charge is 2.38. The van der Waals surface area contributed by atoms with Crippen molar-refractivity contribution in [2.24, 2.45) is 0 Å². The minimum absolute atomic E-state index is 0.107. The van der Waals surface area contributed by atoms with Gasteiger partial charge in [0.1, 0.15) is 11.9 Å². The lowest BCUT2D eigenvalue weighted by molar-refractivity contribution is -0.130. The van der Waals surface area contributed by atoms with Crippen molar-refractivity contribution >= 4 is 16.7 Å². The summed E-state index contributed by atoms with van der Waals surface area (Å²) in [6.45, 7) is 0.363. The summed E-state index contributed by atoms with van der Waals surface area (Å²) in [5.74, 6) is 2.30. The SMILES string of the molecule is COc1cccc(C2NCC(=O)N2C2CCS(=O)CC2)c1. The van der Waals surface area contributed by atoms with Crippen molar-refractivity contribution in [3.05, 3.63) is 29.8 Å². The molecule has 2 aliphatic heterocycles. The van der Waals surface area contributed by atoms with Crippen LogP contribution in [-0.2, 0) is 15.6 Å². The van der Waals surface area contributed by atoms with E-state index in [0.29, 0.717) is 18.1 Å². The minimum Gasteiger partial charge on any atom is -0.497 e. The molecule has 2 aliphatic rings. The van der Waals surface area contributed by atoms with Crippen LogP contribution in [0.2, 0.25) is 0 Å². The van der Waals surface area contributed by atoms with E-state index in [1.807, 2.05) is 29.2 Å². The van der Waals surface area contributed by atoms with Gasteiger partial charge in [-0.2, -0.15) is 0 Å². The fourth-order valence-corrected chi connectivity index (χ4v) is 4.36. The molecule has 0 saturated carbocycles. The molecule has 6 heteroatoms. The van der Waals surface area contributed by atoms with Crippen molar-refractivity contribution in [2.75, 3.05) is 25.2 Å². The van der Waals surface area contributed by atoms with E-state index in [2.05, 4.69) is 5.32 Å². The maximum Gasteiger partial charge on any atom is 0.238 e. The number of hydrogen-bond acceptors (Lipinski definition) is 4. The fraction of sp³-hybridized carbons (Fsp3) is 0.533. The number of ether oxygens (including phenoxy) is 1. The van der Waals surface area contributed by atoms with Crippen molar-refractivity contribution in [3.8, 4) is 5.75 Å². The highest BCUT2D eigenvalue weighted by molar-refractivity contribution is 7.85. The molecule has 1 aromatic carbocycles. The average Bonchev–Trinajstić information content (AvgIpc) is 2.90. The van der Waals surface area contributed by atoms with Gasteiger partial charge in [-0.3, -0.25) is 14.3 Å². The van der Waals surface area contributed by atoms with Crippen molar-refractivity contribution in [2.45, 2.75) is 25.0 Å². The van der Waals surface area contributed by atoms with Crippen LogP contribution in [0.1, 0.15) is 24.6 Å². The first-order valence-electron chi connectivity index (χ1n) is 7.22. The molecule has 1 aromatic rings. The molecule has 1 atom stereocenters. The average molecular weight is 308 g/mol. The lowest BCUT2D eigenvalue weighted by Gasteiger charge is -2.35. The number of carbonyl (C=O) groups excluding carboxylic acids is 1. The molecule has 1 unspecified atom stereocenters. The van der Waals surface area contributed by atoms with Gasteiger partial charge in [0, 0.05) is 28.3 Å². The molecular formula is C15H20N2O3S. The summed E-state index contributed by atoms with van der Waals surface area (Å²) in [5, 5.41) is 3.28. The van der Waals surface area contributed by atoms with Gasteiger partial charge in [-0.05, 0) is 30.5 Å². The molecule has 1 N–H and O–H groups in total. The first-order chi connectivity index (χ1) is 10.2. The Kier molecular flexibility index (Phi) is 4.26. The molecule has 5 nitrogen and oxygen atoms in total. The largest absolute Gasteiger partial charge is 0.497 e. The normalized spacial score (nSPS) is 29.7. The Balaban J connectivity index is 1.83. The van der Waals surface area contributed by atoms with Gasteiger partial charge in [-0.1, -0.05) is 12.1 Å². The lowest BCUT2D eigenvalue weighted by Crippen LogP contribution is -2.43. The molecule has 0 aromatic heterocycles. The number of nitrogens with zero attached hydrogens (tertiary/aromatic N) is 1. The van der Waals surface area contributed by atoms with Crippen LogP contribution < -0.4 is 10.1 Å². The lowest BCUT2D eigenvalue weighted by atomic mass is 10.1. The number of carbonyl (C=O) groups is 1. The monoisotopic (exact) mass is 308 g/mol. The molecule has 2 saturated heterocycles. The van der Waals surface area contributed by atoms with E-state index in [9.17, 15) is 9.00 Å². The third kappa shape index (κ3) is 2.96. The van der Waals surface area contributed by atoms with E-state index in [4.69, 9.17) is 4.74 Å². The number of nitrogens with one attached hydrogen (secondary N) is 1. The van der Waals surface area contributed by atoms with Crippen LogP contribution in [0.4, 0.5) is 0 Å². The van der Waals surface area contributed by atoms with E-state index in [0.717, 1.165) is 24.2 Å². The van der Waals surface area contributed by atoms with Gasteiger partial charge in [-0.25, -0.2) is 0 Å². The van der Waals surface area contributed by atoms with Gasteiger partial charge in [-0.15, -0.1) is 0 Å². The molecule has 3 rings (SSSR count). The first kappa shape index (κ1) is 14.5. The molecule has 0 bridgehead atoms. The minimum atomic E-state index is -0.711. The zero-order valence-electron chi connectivity index (χ0n) is 12.1. The van der Waals surface area contributed by atoms with Crippen LogP contribution in [0.3, 0.4) is 0 Å². The second-order valence-electron chi connectivity index (χ2n) is 5.44. The highest BCUT2D eigenvalue weighted by atomic mass is 32.2. The smallest absolute Gasteiger partial charge is 0.238 e. The molecule has 2 heterocycles. The summed E-state index contributed by atoms with van der Waals surface area (Å²) in [6.07, 6.45) is 1.53. The standard InChI is InChI=1S/C15H20N2O3S/c1-20-13-4-2-3-11(9-13)15-16-10-14(18)17(15)12-5-7-21(19)8-6-12/h2-4,9,12,15-16H,5-8,10H2,1H3. The Bertz CT molecular complexity index is 554. The van der Waals surface area contributed by atoms with Crippen LogP contribution >= 0.6 is 0 Å². The maximum atomic E-state index is 12.2. The third-order valence-corrected chi connectivity index (χ3v) is 5.56. The van der Waals surface area contributed by atoms with Crippen molar-refractivity contribution in [3.63, 3.8) is 0 Å². The molecular weight excluding hydrogens is 288 g/mol. The number of benzene rings is 1. The fourth-order valence-electron chi connectivity index (χ4n) is 3.08. The second-order valence-corrected chi connectivity index (χ2v) is 7.14. The van der Waals surface area contributed by atoms with Gasteiger partial charge in [0.15, 0.2) is 0 Å². The van der Waals surface area contributed by atoms with Crippen LogP contribution in [0.15, 0.2) is 24.3 Å². The summed E-state index contributed by atoms with van der Waals surface area (Å²) >= 11 is 0. The van der Waals surface area contributed by atoms with Gasteiger partial charge < -0.3 is 9.64 Å². The third-order valence-electron chi connectivity index (χ3n) is 4.17. The molecule has 0 radical (unpaired) electrons. The maximum absolute atomic E-state index is 12.2. The summed E-state index contributed by atoms with van der Waals surface area (Å²) in [6, 6.07) is 7.99. The molecule has 1 amide bonds. The van der Waals surface area contributed by atoms with Crippen molar-refractivity contribution in [1.82, 2.24) is 10.2 Å². The Morgan fingerprint density at radius 1 is 1.33 bits per heavy atom. The van der Waals surface area contributed by atoms with E-state index in [-0.39, 0.29) is 18.1 Å². The molecule has 21 heavy (non-hydrogen) atoms. The van der Waals surface area contributed by atoms with E-state index < -0.39 is 10.8 Å². The number of amides is 1. The predicted molar refractivity (Wildman–Crippen MR) is 81.5 cm³/mol. The van der Waals surface area contributed by atoms with Crippen molar-refractivity contribution < 1.29 is 13.7 Å². The second kappa shape index (κ2) is 6.15. The van der Waals surface area contributed by atoms with Crippen LogP contribution in [0.25, 0.3) is 0 Å². The molecule has 2 fully saturated rings. The van der Waals surface area contributed by atoms with Crippen LogP contribution in [0, 0.1) is 0 Å². The van der Waals surface area contributed by atoms with Gasteiger partial charge in [0.25, 0.3) is 0 Å². The van der Waals surface area contributed by atoms with Gasteiger partial charge in [0.05, 0.1) is 13.7 Å². The number of rotatable bonds is 3. The molecule has 114 valence electrons. The van der Waals surface area contributed by atoms with E-state index in [1.165, 1.54) is 0 Å². The first-order valence-corrected chi connectivity index (χ1v) is 8.71. The zero-order chi connectivity index (χ0) is 14.8. The van der Waals surface area contributed by atoms with Gasteiger partial charge in [0.2, 0.25) is 5.91 Å². The zero-order valence-corrected chi connectivity index (χ0v) is 12.9. The van der Waals surface area contributed by atoms with Crippen LogP contribution in [0.5, 0.6) is 5.75 Å². The quantitative estimate of drug-likeness (QED) is 0.906. The van der Waals surface area contributed by atoms with E-state index >= 15 is 0 Å². The topological polar surface area (TPSA) is 58.6 Å². The van der Waals surface area contributed by atoms with E-state index in [1.54, 1.807) is 7.11 Å². The highest BCUT2D eigenvalue weighted by Crippen LogP contribution is 2.30. The predicted octanol–water partition coefficient (Wildman–Crippen LogP) is 1.04. The summed E-state index contributed by atoms with van der Waals surface area (Å²) in [7, 11) is 0.928. The van der Waals surface area contributed by atoms with Gasteiger partial charge >= 0.3 is 0 Å². The molecule has 0 spiro atoms. The summed E-state index contributed by atoms with van der Waals surface area (Å²) in [4.78, 5) is 14.2. The molecule has 0 aliphatic carbocycles.